The van der Waals surface area contributed by atoms with Crippen molar-refractivity contribution in [3.05, 3.63) is 91.7 Å². The number of non-ortho nitro benzene ring substituents is 1. The van der Waals surface area contributed by atoms with Crippen LogP contribution in [-0.2, 0) is 10.5 Å². The molecule has 0 bridgehead atoms. The molecule has 1 aromatic heterocycles. The average molecular weight is 501 g/mol. The first-order valence-electron chi connectivity index (χ1n) is 9.43. The molecule has 0 saturated carbocycles. The van der Waals surface area contributed by atoms with Crippen molar-refractivity contribution in [1.29, 1.82) is 0 Å². The number of nitrogens with one attached hydrogen (secondary N) is 1. The lowest BCUT2D eigenvalue weighted by atomic mass is 10.2. The molecule has 7 nitrogen and oxygen atoms in total. The van der Waals surface area contributed by atoms with E-state index in [4.69, 9.17) is 0 Å². The normalized spacial score (nSPS) is 11.1. The van der Waals surface area contributed by atoms with Crippen LogP contribution in [0.25, 0.3) is 5.69 Å². The number of aryl methyl sites for hydroxylation is 1. The maximum atomic E-state index is 12.0. The summed E-state index contributed by atoms with van der Waals surface area (Å²) >= 11 is 5.01. The Bertz CT molecular complexity index is 1130. The summed E-state index contributed by atoms with van der Waals surface area (Å²) in [4.78, 5) is 22.3. The average Bonchev–Trinajstić information content (AvgIpc) is 3.02. The number of hydrogen-bond donors (Lipinski definition) is 1. The fraction of sp³-hybridized carbons (Fsp3) is 0.182. The van der Waals surface area contributed by atoms with Gasteiger partial charge in [0.2, 0.25) is 5.91 Å². The number of amides is 1. The summed E-state index contributed by atoms with van der Waals surface area (Å²) in [5.74, 6) is 0.620. The number of hydrazone groups is 1. The number of benzene rings is 2. The molecule has 31 heavy (non-hydrogen) atoms. The minimum absolute atomic E-state index is 0.0554. The second-order valence-corrected chi connectivity index (χ2v) is 8.66. The molecule has 0 spiro atoms. The predicted octanol–water partition coefficient (Wildman–Crippen LogP) is 5.15. The lowest BCUT2D eigenvalue weighted by Gasteiger charge is -2.11. The monoisotopic (exact) mass is 500 g/mol. The number of carbonyl (C=O) groups excluding carboxylic acids is 1. The fourth-order valence-electron chi connectivity index (χ4n) is 3.10. The van der Waals surface area contributed by atoms with E-state index in [-0.39, 0.29) is 17.3 Å². The fourth-order valence-corrected chi connectivity index (χ4v) is 4.35. The number of nitro benzene ring substituents is 1. The third-order valence-electron chi connectivity index (χ3n) is 4.61. The molecular weight excluding hydrogens is 480 g/mol. The molecule has 0 fully saturated rings. The van der Waals surface area contributed by atoms with Gasteiger partial charge in [-0.2, -0.15) is 5.10 Å². The third-order valence-corrected chi connectivity index (χ3v) is 6.28. The number of nitro groups is 1. The Hall–Kier alpha value is -2.91. The van der Waals surface area contributed by atoms with Crippen molar-refractivity contribution in [2.24, 2.45) is 5.10 Å². The molecule has 0 unspecified atom stereocenters. The highest BCUT2D eigenvalue weighted by Gasteiger charge is 2.11. The van der Waals surface area contributed by atoms with Gasteiger partial charge >= 0.3 is 0 Å². The number of rotatable bonds is 8. The summed E-state index contributed by atoms with van der Waals surface area (Å²) < 4.78 is 3.13. The lowest BCUT2D eigenvalue weighted by Crippen LogP contribution is -2.19. The number of hydrogen-bond acceptors (Lipinski definition) is 5. The molecule has 0 aliphatic carbocycles. The van der Waals surface area contributed by atoms with Gasteiger partial charge in [-0.3, -0.25) is 14.9 Å². The van der Waals surface area contributed by atoms with Crippen LogP contribution in [0.3, 0.4) is 0 Å². The number of carbonyl (C=O) groups is 1. The summed E-state index contributed by atoms with van der Waals surface area (Å²) in [5, 5.41) is 14.8. The predicted molar refractivity (Wildman–Crippen MR) is 128 cm³/mol. The molecule has 0 aliphatic heterocycles. The maximum absolute atomic E-state index is 12.0. The summed E-state index contributed by atoms with van der Waals surface area (Å²) in [6.07, 6.45) is 1.65. The van der Waals surface area contributed by atoms with Crippen LogP contribution >= 0.6 is 27.7 Å². The van der Waals surface area contributed by atoms with Crippen molar-refractivity contribution in [1.82, 2.24) is 9.99 Å². The van der Waals surface area contributed by atoms with Crippen LogP contribution in [0.1, 0.15) is 22.5 Å². The van der Waals surface area contributed by atoms with E-state index in [9.17, 15) is 14.9 Å². The van der Waals surface area contributed by atoms with Gasteiger partial charge in [0.15, 0.2) is 0 Å². The van der Waals surface area contributed by atoms with Crippen LogP contribution in [-0.4, -0.2) is 27.4 Å². The smallest absolute Gasteiger partial charge is 0.269 e. The van der Waals surface area contributed by atoms with Gasteiger partial charge in [-0.05, 0) is 53.5 Å². The SMILES string of the molecule is Cc1cc(/C=N\NC(=O)CSCc2ccc([N+](=O)[O-])cc2)c(C)n1-c1ccccc1Br. The van der Waals surface area contributed by atoms with Crippen molar-refractivity contribution < 1.29 is 9.72 Å². The molecule has 9 heteroatoms. The zero-order valence-corrected chi connectivity index (χ0v) is 19.4. The standard InChI is InChI=1S/C22H21BrN4O3S/c1-15-11-18(16(2)26(15)21-6-4-3-5-20(21)23)12-24-25-22(28)14-31-13-17-7-9-19(10-8-17)27(29)30/h3-12H,13-14H2,1-2H3,(H,25,28)/b24-12-. The minimum atomic E-state index is -0.432. The maximum Gasteiger partial charge on any atom is 0.269 e. The van der Waals surface area contributed by atoms with E-state index < -0.39 is 4.92 Å². The molecule has 3 rings (SSSR count). The van der Waals surface area contributed by atoms with Crippen LogP contribution in [0.2, 0.25) is 0 Å². The highest BCUT2D eigenvalue weighted by atomic mass is 79.9. The third kappa shape index (κ3) is 5.83. The Kier molecular flexibility index (Phi) is 7.64. The van der Waals surface area contributed by atoms with E-state index in [2.05, 4.69) is 31.0 Å². The zero-order valence-electron chi connectivity index (χ0n) is 17.0. The minimum Gasteiger partial charge on any atom is -0.317 e. The molecule has 1 amide bonds. The highest BCUT2D eigenvalue weighted by Crippen LogP contribution is 2.26. The largest absolute Gasteiger partial charge is 0.317 e. The van der Waals surface area contributed by atoms with Gasteiger partial charge in [0.05, 0.1) is 22.6 Å². The van der Waals surface area contributed by atoms with Crippen LogP contribution in [0.5, 0.6) is 0 Å². The number of halogens is 1. The summed E-state index contributed by atoms with van der Waals surface area (Å²) in [6, 6.07) is 16.3. The molecule has 1 heterocycles. The number of aromatic nitrogens is 1. The second kappa shape index (κ2) is 10.4. The van der Waals surface area contributed by atoms with Gasteiger partial charge in [0.1, 0.15) is 0 Å². The molecule has 0 radical (unpaired) electrons. The number of nitrogens with zero attached hydrogens (tertiary/aromatic N) is 3. The van der Waals surface area contributed by atoms with Crippen molar-refractivity contribution in [3.8, 4) is 5.69 Å². The van der Waals surface area contributed by atoms with Crippen molar-refractivity contribution in [2.45, 2.75) is 19.6 Å². The van der Waals surface area contributed by atoms with Crippen LogP contribution in [0.4, 0.5) is 5.69 Å². The molecule has 0 saturated heterocycles. The molecule has 0 atom stereocenters. The van der Waals surface area contributed by atoms with E-state index >= 15 is 0 Å². The van der Waals surface area contributed by atoms with Gasteiger partial charge in [0.25, 0.3) is 5.69 Å². The molecule has 2 aromatic carbocycles. The quantitative estimate of drug-likeness (QED) is 0.263. The summed E-state index contributed by atoms with van der Waals surface area (Å²) in [6.45, 7) is 4.03. The van der Waals surface area contributed by atoms with Gasteiger partial charge in [-0.15, -0.1) is 11.8 Å². The first-order valence-corrected chi connectivity index (χ1v) is 11.4. The topological polar surface area (TPSA) is 89.5 Å². The summed E-state index contributed by atoms with van der Waals surface area (Å²) in [7, 11) is 0. The van der Waals surface area contributed by atoms with E-state index in [1.165, 1.54) is 23.9 Å². The number of para-hydroxylation sites is 1. The Morgan fingerprint density at radius 1 is 1.23 bits per heavy atom. The Labute approximate surface area is 192 Å². The Morgan fingerprint density at radius 3 is 2.61 bits per heavy atom. The van der Waals surface area contributed by atoms with E-state index in [0.29, 0.717) is 5.75 Å². The zero-order chi connectivity index (χ0) is 22.4. The Balaban J connectivity index is 1.53. The lowest BCUT2D eigenvalue weighted by molar-refractivity contribution is -0.384. The number of thioether (sulfide) groups is 1. The van der Waals surface area contributed by atoms with Crippen molar-refractivity contribution in [2.75, 3.05) is 5.75 Å². The first-order chi connectivity index (χ1) is 14.9. The highest BCUT2D eigenvalue weighted by molar-refractivity contribution is 9.10. The van der Waals surface area contributed by atoms with Gasteiger partial charge in [-0.1, -0.05) is 24.3 Å². The Morgan fingerprint density at radius 2 is 1.94 bits per heavy atom. The molecular formula is C22H21BrN4O3S. The molecule has 0 aliphatic rings. The van der Waals surface area contributed by atoms with Gasteiger partial charge < -0.3 is 4.57 Å². The van der Waals surface area contributed by atoms with E-state index in [1.807, 2.05) is 44.2 Å². The van der Waals surface area contributed by atoms with Crippen LogP contribution < -0.4 is 5.43 Å². The first kappa shape index (κ1) is 22.8. The molecule has 160 valence electrons. The van der Waals surface area contributed by atoms with Crippen molar-refractivity contribution >= 4 is 45.5 Å². The summed E-state index contributed by atoms with van der Waals surface area (Å²) in [5.41, 5.74) is 7.59. The molecule has 3 aromatic rings. The van der Waals surface area contributed by atoms with Gasteiger partial charge in [0, 0.05) is 39.3 Å². The molecule has 1 N–H and O–H groups in total. The van der Waals surface area contributed by atoms with Crippen molar-refractivity contribution in [3.63, 3.8) is 0 Å². The van der Waals surface area contributed by atoms with Crippen LogP contribution in [0, 0.1) is 24.0 Å². The van der Waals surface area contributed by atoms with Gasteiger partial charge in [-0.25, -0.2) is 5.43 Å². The van der Waals surface area contributed by atoms with Crippen LogP contribution in [0.15, 0.2) is 64.2 Å². The van der Waals surface area contributed by atoms with E-state index in [0.717, 1.165) is 32.7 Å². The second-order valence-electron chi connectivity index (χ2n) is 6.82. The van der Waals surface area contributed by atoms with E-state index in [1.54, 1.807) is 18.3 Å².